The average Bonchev–Trinajstić information content (AvgIpc) is 3.83. The van der Waals surface area contributed by atoms with Crippen molar-refractivity contribution in [1.82, 2.24) is 47.1 Å². The summed E-state index contributed by atoms with van der Waals surface area (Å²) in [5, 5.41) is 11.2. The highest BCUT2D eigenvalue weighted by molar-refractivity contribution is 5.95. The van der Waals surface area contributed by atoms with Gasteiger partial charge in [-0.25, -0.2) is 15.2 Å². The van der Waals surface area contributed by atoms with Crippen molar-refractivity contribution in [2.24, 2.45) is 17.2 Å². The number of nitrogens with two attached hydrogens (primary N) is 3. The van der Waals surface area contributed by atoms with Crippen LogP contribution in [0.3, 0.4) is 0 Å². The van der Waals surface area contributed by atoms with Crippen molar-refractivity contribution in [3.63, 3.8) is 0 Å². The van der Waals surface area contributed by atoms with Gasteiger partial charge in [-0.05, 0) is 49.9 Å². The van der Waals surface area contributed by atoms with Crippen LogP contribution in [0.5, 0.6) is 0 Å². The van der Waals surface area contributed by atoms with Crippen molar-refractivity contribution >= 4 is 46.5 Å². The first kappa shape index (κ1) is 40.5. The van der Waals surface area contributed by atoms with Gasteiger partial charge in [0.15, 0.2) is 0 Å². The number of H-pyrrole nitrogens is 2. The van der Waals surface area contributed by atoms with Gasteiger partial charge in [0.25, 0.3) is 5.91 Å². The third-order valence-corrected chi connectivity index (χ3v) is 8.63. The number of urea groups is 1. The molecule has 4 rings (SSSR count). The van der Waals surface area contributed by atoms with E-state index < -0.39 is 65.8 Å². The van der Waals surface area contributed by atoms with Gasteiger partial charge in [0.1, 0.15) is 24.2 Å². The van der Waals surface area contributed by atoms with Crippen LogP contribution in [0, 0.1) is 0 Å². The predicted octanol–water partition coefficient (Wildman–Crippen LogP) is -0.966. The molecule has 0 spiro atoms. The van der Waals surface area contributed by atoms with E-state index in [9.17, 15) is 28.8 Å². The Kier molecular flexibility index (Phi) is 15.1. The molecule has 54 heavy (non-hydrogen) atoms. The Labute approximate surface area is 311 Å². The number of para-hydroxylation sites is 1. The van der Waals surface area contributed by atoms with E-state index in [4.69, 9.17) is 17.2 Å². The first-order chi connectivity index (χ1) is 25.9. The Morgan fingerprint density at radius 1 is 0.741 bits per heavy atom. The van der Waals surface area contributed by atoms with Crippen molar-refractivity contribution in [1.29, 1.82) is 0 Å². The maximum atomic E-state index is 13.4. The van der Waals surface area contributed by atoms with Crippen molar-refractivity contribution < 1.29 is 28.8 Å². The number of hydrogen-bond acceptors (Lipinski definition) is 9. The minimum absolute atomic E-state index is 0.0506. The van der Waals surface area contributed by atoms with Crippen molar-refractivity contribution in [2.75, 3.05) is 6.54 Å². The Morgan fingerprint density at radius 3 is 2.13 bits per heavy atom. The molecule has 0 saturated carbocycles. The number of primary amides is 1. The van der Waals surface area contributed by atoms with E-state index in [0.29, 0.717) is 25.1 Å². The first-order valence-electron chi connectivity index (χ1n) is 17.5. The highest BCUT2D eigenvalue weighted by Crippen LogP contribution is 2.19. The van der Waals surface area contributed by atoms with Gasteiger partial charge in [0, 0.05) is 48.3 Å². The van der Waals surface area contributed by atoms with Gasteiger partial charge < -0.3 is 48.4 Å². The molecule has 18 nitrogen and oxygen atoms in total. The quantitative estimate of drug-likeness (QED) is 0.0415. The highest BCUT2D eigenvalue weighted by atomic mass is 16.2. The number of aromatic amines is 2. The zero-order valence-electron chi connectivity index (χ0n) is 29.9. The van der Waals surface area contributed by atoms with Gasteiger partial charge in [-0.3, -0.25) is 29.4 Å². The van der Waals surface area contributed by atoms with Crippen LogP contribution in [0.25, 0.3) is 10.9 Å². The molecule has 14 N–H and O–H groups in total. The van der Waals surface area contributed by atoms with Gasteiger partial charge in [-0.2, -0.15) is 0 Å². The number of fused-ring (bicyclic) bond motifs is 1. The average molecular weight is 745 g/mol. The van der Waals surface area contributed by atoms with Crippen LogP contribution in [0.15, 0.2) is 73.3 Å². The Hall–Kier alpha value is -6.27. The number of benzene rings is 2. The summed E-state index contributed by atoms with van der Waals surface area (Å²) in [4.78, 5) is 88.0. The lowest BCUT2D eigenvalue weighted by Gasteiger charge is -2.24. The summed E-state index contributed by atoms with van der Waals surface area (Å²) < 4.78 is 0. The van der Waals surface area contributed by atoms with Crippen molar-refractivity contribution in [3.05, 3.63) is 90.1 Å². The topological polar surface area (TPSA) is 297 Å². The smallest absolute Gasteiger partial charge is 0.334 e. The van der Waals surface area contributed by atoms with Crippen LogP contribution in [0.2, 0.25) is 0 Å². The number of hydrogen-bond donors (Lipinski definition) is 11. The molecule has 0 bridgehead atoms. The second-order valence-electron chi connectivity index (χ2n) is 12.8. The molecule has 5 atom stereocenters. The van der Waals surface area contributed by atoms with Crippen LogP contribution in [0.1, 0.15) is 43.0 Å². The molecule has 0 radical (unpaired) electrons. The van der Waals surface area contributed by atoms with Crippen LogP contribution < -0.4 is 49.3 Å². The zero-order valence-corrected chi connectivity index (χ0v) is 29.9. The van der Waals surface area contributed by atoms with E-state index in [1.54, 1.807) is 36.5 Å². The van der Waals surface area contributed by atoms with E-state index in [-0.39, 0.29) is 25.7 Å². The SMILES string of the molecule is C[C@H](NC(=O)NNC(=O)[C@@H](Cc1c[nH]c2ccccc12)NC(=O)[C@@H](N)Cc1cnc[nH]1)C(=O)N[C@H](Cc1ccccc1)C(=O)N[C@@H](CCCCN)C(N)=O. The number of carbonyl (C=O) groups excluding carboxylic acids is 6. The van der Waals surface area contributed by atoms with Crippen LogP contribution >= 0.6 is 0 Å². The van der Waals surface area contributed by atoms with E-state index in [0.717, 1.165) is 22.0 Å². The number of nitrogens with one attached hydrogen (secondary N) is 8. The molecular weight excluding hydrogens is 696 g/mol. The second kappa shape index (κ2) is 20.1. The summed E-state index contributed by atoms with van der Waals surface area (Å²) in [5.41, 5.74) is 24.6. The summed E-state index contributed by atoms with van der Waals surface area (Å²) in [5.74, 6) is -3.45. The molecular formula is C36H48N12O6. The number of unbranched alkanes of at least 4 members (excludes halogenated alkanes) is 1. The monoisotopic (exact) mass is 744 g/mol. The third kappa shape index (κ3) is 12.2. The summed E-state index contributed by atoms with van der Waals surface area (Å²) in [7, 11) is 0. The fraction of sp³-hybridized carbons (Fsp3) is 0.361. The minimum atomic E-state index is -1.19. The lowest BCUT2D eigenvalue weighted by Crippen LogP contribution is -2.59. The highest BCUT2D eigenvalue weighted by Gasteiger charge is 2.29. The lowest BCUT2D eigenvalue weighted by atomic mass is 10.0. The van der Waals surface area contributed by atoms with E-state index in [1.165, 1.54) is 19.4 Å². The molecule has 2 aromatic heterocycles. The fourth-order valence-electron chi connectivity index (χ4n) is 5.64. The van der Waals surface area contributed by atoms with Gasteiger partial charge in [0.05, 0.1) is 12.4 Å². The number of aromatic nitrogens is 3. The molecule has 4 aromatic rings. The lowest BCUT2D eigenvalue weighted by molar-refractivity contribution is -0.131. The molecule has 18 heteroatoms. The number of carbonyl (C=O) groups is 6. The Bertz CT molecular complexity index is 1870. The molecule has 0 aliphatic carbocycles. The number of amides is 7. The molecule has 2 heterocycles. The van der Waals surface area contributed by atoms with Gasteiger partial charge in [-0.1, -0.05) is 48.5 Å². The van der Waals surface area contributed by atoms with Crippen molar-refractivity contribution in [3.8, 4) is 0 Å². The normalized spacial score (nSPS) is 13.8. The standard InChI is InChI=1S/C36H48N12O6/c1-21(32(50)45-29(15-22-9-3-2-4-10-22)34(52)44-28(31(39)49)13-7-8-14-37)43-36(54)48-47-35(53)30(16-23-18-41-27-12-6-5-11-25(23)27)46-33(51)26(38)17-24-19-40-20-42-24/h2-6,9-12,18-21,26,28-30,41H,7-8,13-17,37-38H2,1H3,(H2,39,49)(H,40,42)(H,44,52)(H,45,50)(H,46,51)(H,47,53)(H2,43,48,54)/t21-,26-,28-,29+,30+/m0/s1. The van der Waals surface area contributed by atoms with E-state index in [1.807, 2.05) is 24.3 Å². The molecule has 0 fully saturated rings. The summed E-state index contributed by atoms with van der Waals surface area (Å²) in [6, 6.07) is 9.94. The van der Waals surface area contributed by atoms with Gasteiger partial charge >= 0.3 is 6.03 Å². The Balaban J connectivity index is 1.37. The largest absolute Gasteiger partial charge is 0.368 e. The third-order valence-electron chi connectivity index (χ3n) is 8.63. The van der Waals surface area contributed by atoms with Crippen LogP contribution in [-0.4, -0.2) is 87.3 Å². The van der Waals surface area contributed by atoms with Gasteiger partial charge in [0.2, 0.25) is 23.6 Å². The number of imidazole rings is 1. The minimum Gasteiger partial charge on any atom is -0.368 e. The van der Waals surface area contributed by atoms with Crippen molar-refractivity contribution in [2.45, 2.75) is 75.7 Å². The van der Waals surface area contributed by atoms with E-state index >= 15 is 0 Å². The zero-order chi connectivity index (χ0) is 39.0. The summed E-state index contributed by atoms with van der Waals surface area (Å²) >= 11 is 0. The molecule has 288 valence electrons. The molecule has 0 aliphatic rings. The maximum Gasteiger partial charge on any atom is 0.334 e. The van der Waals surface area contributed by atoms with Crippen LogP contribution in [-0.2, 0) is 43.2 Å². The summed E-state index contributed by atoms with van der Waals surface area (Å²) in [6.45, 7) is 1.80. The molecule has 7 amide bonds. The molecule has 2 aromatic carbocycles. The Morgan fingerprint density at radius 2 is 1.43 bits per heavy atom. The predicted molar refractivity (Wildman–Crippen MR) is 200 cm³/mol. The maximum absolute atomic E-state index is 13.4. The molecule has 0 unspecified atom stereocenters. The number of nitrogens with zero attached hydrogens (tertiary/aromatic N) is 1. The number of hydrazine groups is 1. The second-order valence-corrected chi connectivity index (χ2v) is 12.8. The van der Waals surface area contributed by atoms with E-state index in [2.05, 4.69) is 47.1 Å². The van der Waals surface area contributed by atoms with Crippen LogP contribution in [0.4, 0.5) is 4.79 Å². The fourth-order valence-corrected chi connectivity index (χ4v) is 5.64. The number of rotatable bonds is 19. The molecule has 0 saturated heterocycles. The summed E-state index contributed by atoms with van der Waals surface area (Å²) in [6.07, 6.45) is 6.46. The molecule has 0 aliphatic heterocycles. The first-order valence-corrected chi connectivity index (χ1v) is 17.5. The van der Waals surface area contributed by atoms with Gasteiger partial charge in [-0.15, -0.1) is 0 Å².